The second kappa shape index (κ2) is 6.84. The number of H-pyrrole nitrogens is 1. The van der Waals surface area contributed by atoms with Gasteiger partial charge in [-0.25, -0.2) is 9.67 Å². The normalized spacial score (nSPS) is 16.7. The van der Waals surface area contributed by atoms with Gasteiger partial charge in [-0.2, -0.15) is 5.10 Å². The third kappa shape index (κ3) is 2.99. The van der Waals surface area contributed by atoms with E-state index in [-0.39, 0.29) is 24.1 Å². The Morgan fingerprint density at radius 1 is 1.14 bits per heavy atom. The zero-order valence-corrected chi connectivity index (χ0v) is 16.1. The second-order valence-electron chi connectivity index (χ2n) is 7.48. The van der Waals surface area contributed by atoms with Crippen LogP contribution in [-0.4, -0.2) is 37.1 Å². The molecule has 7 nitrogen and oxygen atoms in total. The molecule has 2 aromatic carbocycles. The van der Waals surface area contributed by atoms with Crippen molar-refractivity contribution in [3.63, 3.8) is 0 Å². The average Bonchev–Trinajstić information content (AvgIpc) is 3.38. The van der Waals surface area contributed by atoms with Crippen LogP contribution in [0.3, 0.4) is 0 Å². The van der Waals surface area contributed by atoms with Crippen molar-refractivity contribution in [1.82, 2.24) is 24.6 Å². The van der Waals surface area contributed by atoms with Gasteiger partial charge in [-0.15, -0.1) is 0 Å². The summed E-state index contributed by atoms with van der Waals surface area (Å²) in [6.07, 6.45) is 1.76. The maximum Gasteiger partial charge on any atom is 0.275 e. The van der Waals surface area contributed by atoms with E-state index in [9.17, 15) is 9.59 Å². The fourth-order valence-corrected chi connectivity index (χ4v) is 4.21. The summed E-state index contributed by atoms with van der Waals surface area (Å²) in [5, 5.41) is 5.79. The third-order valence-corrected chi connectivity index (χ3v) is 5.63. The molecule has 1 N–H and O–H groups in total. The van der Waals surface area contributed by atoms with E-state index >= 15 is 0 Å². The number of nitrogens with zero attached hydrogens (tertiary/aromatic N) is 4. The summed E-state index contributed by atoms with van der Waals surface area (Å²) >= 11 is 0. The van der Waals surface area contributed by atoms with Crippen molar-refractivity contribution in [1.29, 1.82) is 0 Å². The lowest BCUT2D eigenvalue weighted by Crippen LogP contribution is -2.37. The number of carbonyl (C=O) groups excluding carboxylic acids is 1. The molecule has 5 rings (SSSR count). The van der Waals surface area contributed by atoms with Crippen molar-refractivity contribution in [3.8, 4) is 0 Å². The van der Waals surface area contributed by atoms with Gasteiger partial charge >= 0.3 is 0 Å². The Bertz CT molecular complexity index is 1260. The first-order valence-corrected chi connectivity index (χ1v) is 9.82. The number of rotatable bonds is 3. The minimum absolute atomic E-state index is 0.0682. The van der Waals surface area contributed by atoms with Crippen molar-refractivity contribution < 1.29 is 4.79 Å². The zero-order chi connectivity index (χ0) is 20.0. The Labute approximate surface area is 167 Å². The van der Waals surface area contributed by atoms with Gasteiger partial charge in [0.05, 0.1) is 28.2 Å². The molecule has 1 unspecified atom stereocenters. The summed E-state index contributed by atoms with van der Waals surface area (Å²) in [6, 6.07) is 15.1. The first-order chi connectivity index (χ1) is 14.1. The number of imidazole rings is 1. The molecule has 0 radical (unpaired) electrons. The van der Waals surface area contributed by atoms with E-state index in [4.69, 9.17) is 0 Å². The van der Waals surface area contributed by atoms with E-state index in [1.165, 1.54) is 4.68 Å². The van der Waals surface area contributed by atoms with Crippen LogP contribution in [0.5, 0.6) is 0 Å². The smallest absolute Gasteiger partial charge is 0.275 e. The van der Waals surface area contributed by atoms with Crippen LogP contribution in [0.4, 0.5) is 0 Å². The number of para-hydroxylation sites is 2. The molecule has 4 aromatic rings. The summed E-state index contributed by atoms with van der Waals surface area (Å²) < 4.78 is 1.29. The van der Waals surface area contributed by atoms with Crippen LogP contribution in [0.2, 0.25) is 0 Å². The van der Waals surface area contributed by atoms with E-state index in [1.807, 2.05) is 54.3 Å². The van der Waals surface area contributed by atoms with Crippen LogP contribution in [0, 0.1) is 6.92 Å². The predicted octanol–water partition coefficient (Wildman–Crippen LogP) is 2.94. The number of hydrogen-bond donors (Lipinski definition) is 1. The van der Waals surface area contributed by atoms with Gasteiger partial charge < -0.3 is 9.88 Å². The molecule has 1 aliphatic heterocycles. The van der Waals surface area contributed by atoms with Crippen LogP contribution in [0.25, 0.3) is 21.8 Å². The quantitative estimate of drug-likeness (QED) is 0.586. The van der Waals surface area contributed by atoms with E-state index < -0.39 is 0 Å². The number of benzene rings is 2. The predicted molar refractivity (Wildman–Crippen MR) is 111 cm³/mol. The maximum atomic E-state index is 13.1. The highest BCUT2D eigenvalue weighted by Crippen LogP contribution is 2.31. The highest BCUT2D eigenvalue weighted by Gasteiger charge is 2.32. The molecule has 0 spiro atoms. The van der Waals surface area contributed by atoms with E-state index in [0.717, 1.165) is 40.8 Å². The summed E-state index contributed by atoms with van der Waals surface area (Å²) in [7, 11) is 0. The first kappa shape index (κ1) is 17.6. The molecule has 29 heavy (non-hydrogen) atoms. The van der Waals surface area contributed by atoms with Crippen molar-refractivity contribution in [2.75, 3.05) is 6.54 Å². The molecule has 1 atom stereocenters. The largest absolute Gasteiger partial charge is 0.340 e. The molecule has 1 saturated heterocycles. The molecule has 0 saturated carbocycles. The molecule has 0 aliphatic carbocycles. The number of hydrogen-bond acceptors (Lipinski definition) is 4. The van der Waals surface area contributed by atoms with Gasteiger partial charge in [0, 0.05) is 11.9 Å². The Morgan fingerprint density at radius 3 is 2.72 bits per heavy atom. The van der Waals surface area contributed by atoms with Gasteiger partial charge in [-0.3, -0.25) is 9.59 Å². The zero-order valence-electron chi connectivity index (χ0n) is 16.1. The standard InChI is InChI=1S/C22H21N5O2/c1-14-15-7-2-3-8-16(15)22(29)27(25-14)13-20(28)26-12-6-11-19(26)21-23-17-9-4-5-10-18(17)24-21/h2-5,7-10,19H,6,11-13H2,1H3,(H,23,24). The van der Waals surface area contributed by atoms with Gasteiger partial charge in [0.1, 0.15) is 12.4 Å². The third-order valence-electron chi connectivity index (χ3n) is 5.63. The molecule has 7 heteroatoms. The van der Waals surface area contributed by atoms with Gasteiger partial charge in [-0.05, 0) is 38.0 Å². The number of aryl methyl sites for hydroxylation is 1. The summed E-state index contributed by atoms with van der Waals surface area (Å²) in [4.78, 5) is 35.7. The minimum atomic E-state index is -0.237. The van der Waals surface area contributed by atoms with E-state index in [1.54, 1.807) is 6.07 Å². The molecule has 1 fully saturated rings. The number of carbonyl (C=O) groups is 1. The lowest BCUT2D eigenvalue weighted by atomic mass is 10.1. The van der Waals surface area contributed by atoms with E-state index in [2.05, 4.69) is 15.1 Å². The molecule has 1 aliphatic rings. The molecule has 2 aromatic heterocycles. The highest BCUT2D eigenvalue weighted by atomic mass is 16.2. The van der Waals surface area contributed by atoms with Crippen LogP contribution in [-0.2, 0) is 11.3 Å². The Kier molecular flexibility index (Phi) is 4.16. The molecular weight excluding hydrogens is 366 g/mol. The highest BCUT2D eigenvalue weighted by molar-refractivity contribution is 5.84. The molecule has 0 bridgehead atoms. The SMILES string of the molecule is Cc1nn(CC(=O)N2CCCC2c2nc3ccccc3[nH]2)c(=O)c2ccccc12. The average molecular weight is 387 g/mol. The topological polar surface area (TPSA) is 83.9 Å². The van der Waals surface area contributed by atoms with Crippen molar-refractivity contribution in [2.24, 2.45) is 0 Å². The van der Waals surface area contributed by atoms with Crippen molar-refractivity contribution in [3.05, 3.63) is 70.4 Å². The summed E-state index contributed by atoms with van der Waals surface area (Å²) in [6.45, 7) is 2.44. The lowest BCUT2D eigenvalue weighted by molar-refractivity contribution is -0.133. The number of amides is 1. The second-order valence-corrected chi connectivity index (χ2v) is 7.48. The minimum Gasteiger partial charge on any atom is -0.340 e. The lowest BCUT2D eigenvalue weighted by Gasteiger charge is -2.23. The first-order valence-electron chi connectivity index (χ1n) is 9.82. The Morgan fingerprint density at radius 2 is 1.90 bits per heavy atom. The van der Waals surface area contributed by atoms with Crippen LogP contribution in [0.15, 0.2) is 53.3 Å². The number of aromatic amines is 1. The Balaban J connectivity index is 1.45. The van der Waals surface area contributed by atoms with Gasteiger partial charge in [0.2, 0.25) is 5.91 Å². The number of fused-ring (bicyclic) bond motifs is 2. The van der Waals surface area contributed by atoms with Crippen molar-refractivity contribution in [2.45, 2.75) is 32.4 Å². The molecular formula is C22H21N5O2. The van der Waals surface area contributed by atoms with Crippen LogP contribution < -0.4 is 5.56 Å². The Hall–Kier alpha value is -3.48. The van der Waals surface area contributed by atoms with Crippen molar-refractivity contribution >= 4 is 27.7 Å². The van der Waals surface area contributed by atoms with Gasteiger partial charge in [-0.1, -0.05) is 30.3 Å². The number of aromatic nitrogens is 4. The van der Waals surface area contributed by atoms with Gasteiger partial charge in [0.25, 0.3) is 5.56 Å². The van der Waals surface area contributed by atoms with Crippen LogP contribution >= 0.6 is 0 Å². The molecule has 1 amide bonds. The fraction of sp³-hybridized carbons (Fsp3) is 0.273. The number of nitrogens with one attached hydrogen (secondary N) is 1. The summed E-state index contributed by atoms with van der Waals surface area (Å²) in [5.74, 6) is 0.685. The summed E-state index contributed by atoms with van der Waals surface area (Å²) in [5.41, 5.74) is 2.36. The fourth-order valence-electron chi connectivity index (χ4n) is 4.21. The number of likely N-dealkylation sites (tertiary alicyclic amines) is 1. The van der Waals surface area contributed by atoms with Gasteiger partial charge in [0.15, 0.2) is 0 Å². The molecule has 146 valence electrons. The maximum absolute atomic E-state index is 13.1. The van der Waals surface area contributed by atoms with Crippen LogP contribution in [0.1, 0.15) is 30.4 Å². The van der Waals surface area contributed by atoms with E-state index in [0.29, 0.717) is 11.9 Å². The molecule has 3 heterocycles. The monoisotopic (exact) mass is 387 g/mol.